The summed E-state index contributed by atoms with van der Waals surface area (Å²) in [5.41, 5.74) is 6.14. The van der Waals surface area contributed by atoms with Crippen molar-refractivity contribution in [2.45, 2.75) is 46.5 Å². The minimum Gasteiger partial charge on any atom is -0.235 e. The van der Waals surface area contributed by atoms with Crippen molar-refractivity contribution in [1.29, 1.82) is 0 Å². The third-order valence-corrected chi connectivity index (χ3v) is 8.82. The fraction of sp³-hybridized carbons (Fsp3) is 0.267. The average molecular weight is 481 g/mol. The fourth-order valence-corrected chi connectivity index (χ4v) is 7.45. The molecule has 0 N–H and O–H groups in total. The lowest BCUT2D eigenvalue weighted by molar-refractivity contribution is 0.596. The van der Waals surface area contributed by atoms with Crippen molar-refractivity contribution in [2.75, 3.05) is 0 Å². The van der Waals surface area contributed by atoms with Crippen LogP contribution in [0.3, 0.4) is 0 Å². The summed E-state index contributed by atoms with van der Waals surface area (Å²) in [4.78, 5) is 9.65. The number of hydrogen-bond donors (Lipinski definition) is 0. The van der Waals surface area contributed by atoms with Crippen LogP contribution in [0.4, 0.5) is 0 Å². The smallest absolute Gasteiger partial charge is 0.116 e. The maximum atomic E-state index is 4.83. The SMILES string of the molecule is CC(C)Cc1csc2c1ccc1sc3c(-c4cc(C(C)(C)C)c5ccccc5c4)ncnc3c12. The lowest BCUT2D eigenvalue weighted by Crippen LogP contribution is -2.12. The van der Waals surface area contributed by atoms with E-state index in [1.807, 2.05) is 22.7 Å². The van der Waals surface area contributed by atoms with Crippen LogP contribution in [0, 0.1) is 5.92 Å². The molecule has 2 nitrogen and oxygen atoms in total. The summed E-state index contributed by atoms with van der Waals surface area (Å²) in [5.74, 6) is 0.645. The van der Waals surface area contributed by atoms with Gasteiger partial charge in [0.25, 0.3) is 0 Å². The molecule has 6 aromatic rings. The molecule has 6 rings (SSSR count). The molecule has 0 unspecified atom stereocenters. The molecule has 0 aliphatic carbocycles. The van der Waals surface area contributed by atoms with Gasteiger partial charge in [-0.25, -0.2) is 9.97 Å². The molecule has 0 spiro atoms. The second-order valence-electron chi connectivity index (χ2n) is 10.7. The molecule has 0 fully saturated rings. The molecule has 0 radical (unpaired) electrons. The Kier molecular flexibility index (Phi) is 5.02. The van der Waals surface area contributed by atoms with Crippen LogP contribution in [-0.4, -0.2) is 9.97 Å². The summed E-state index contributed by atoms with van der Waals surface area (Å²) >= 11 is 3.68. The molecule has 0 aliphatic rings. The molecule has 170 valence electrons. The average Bonchev–Trinajstić information content (AvgIpc) is 3.38. The highest BCUT2D eigenvalue weighted by atomic mass is 32.1. The highest BCUT2D eigenvalue weighted by Gasteiger charge is 2.21. The minimum atomic E-state index is 0.0396. The molecule has 3 aromatic carbocycles. The lowest BCUT2D eigenvalue weighted by Gasteiger charge is -2.22. The number of aromatic nitrogens is 2. The monoisotopic (exact) mass is 480 g/mol. The molecule has 34 heavy (non-hydrogen) atoms. The van der Waals surface area contributed by atoms with E-state index in [0.29, 0.717) is 5.92 Å². The molecule has 3 aromatic heterocycles. The van der Waals surface area contributed by atoms with Gasteiger partial charge in [0.1, 0.15) is 6.33 Å². The fourth-order valence-electron chi connectivity index (χ4n) is 5.07. The van der Waals surface area contributed by atoms with E-state index in [-0.39, 0.29) is 5.41 Å². The Bertz CT molecular complexity index is 1700. The first-order chi connectivity index (χ1) is 16.3. The summed E-state index contributed by atoms with van der Waals surface area (Å²) in [7, 11) is 0. The van der Waals surface area contributed by atoms with Crippen molar-refractivity contribution in [3.63, 3.8) is 0 Å². The number of thiophene rings is 2. The van der Waals surface area contributed by atoms with Crippen molar-refractivity contribution in [1.82, 2.24) is 9.97 Å². The number of rotatable bonds is 3. The molecule has 0 amide bonds. The van der Waals surface area contributed by atoms with E-state index in [4.69, 9.17) is 9.97 Å². The zero-order valence-electron chi connectivity index (χ0n) is 20.3. The first-order valence-electron chi connectivity index (χ1n) is 11.9. The zero-order valence-corrected chi connectivity index (χ0v) is 21.9. The highest BCUT2D eigenvalue weighted by molar-refractivity contribution is 7.27. The van der Waals surface area contributed by atoms with Gasteiger partial charge in [0.05, 0.1) is 15.9 Å². The number of hydrogen-bond acceptors (Lipinski definition) is 4. The van der Waals surface area contributed by atoms with Gasteiger partial charge < -0.3 is 0 Å². The Labute approximate surface area is 208 Å². The van der Waals surface area contributed by atoms with E-state index >= 15 is 0 Å². The largest absolute Gasteiger partial charge is 0.235 e. The van der Waals surface area contributed by atoms with Crippen molar-refractivity contribution in [3.8, 4) is 11.3 Å². The second-order valence-corrected chi connectivity index (χ2v) is 12.6. The third-order valence-electron chi connectivity index (χ3n) is 6.61. The number of benzene rings is 3. The lowest BCUT2D eigenvalue weighted by atomic mass is 9.82. The molecular formula is C30H28N2S2. The second kappa shape index (κ2) is 7.86. The van der Waals surface area contributed by atoms with Crippen LogP contribution >= 0.6 is 22.7 Å². The topological polar surface area (TPSA) is 25.8 Å². The van der Waals surface area contributed by atoms with Crippen molar-refractivity contribution >= 4 is 63.8 Å². The van der Waals surface area contributed by atoms with Crippen LogP contribution in [0.15, 0.2) is 60.2 Å². The van der Waals surface area contributed by atoms with E-state index in [2.05, 4.69) is 88.5 Å². The summed E-state index contributed by atoms with van der Waals surface area (Å²) in [5, 5.41) is 7.59. The van der Waals surface area contributed by atoms with Gasteiger partial charge in [-0.3, -0.25) is 0 Å². The predicted octanol–water partition coefficient (Wildman–Crippen LogP) is 9.38. The van der Waals surface area contributed by atoms with E-state index < -0.39 is 0 Å². The van der Waals surface area contributed by atoms with Gasteiger partial charge in [-0.05, 0) is 68.6 Å². The number of fused-ring (bicyclic) bond motifs is 6. The van der Waals surface area contributed by atoms with E-state index in [1.54, 1.807) is 6.33 Å². The summed E-state index contributed by atoms with van der Waals surface area (Å²) in [6, 6.07) is 17.9. The van der Waals surface area contributed by atoms with E-state index in [1.165, 1.54) is 52.3 Å². The van der Waals surface area contributed by atoms with Crippen LogP contribution in [0.25, 0.3) is 52.4 Å². The quantitative estimate of drug-likeness (QED) is 0.252. The Morgan fingerprint density at radius 3 is 2.53 bits per heavy atom. The standard InChI is InChI=1S/C30H28N2S2/c1-17(2)12-20-15-33-28-22(20)10-11-24-25(28)27-29(34-24)26(31-16-32-27)19-13-18-8-6-7-9-21(18)23(14-19)30(3,4)5/h6-11,13-17H,12H2,1-5H3. The minimum absolute atomic E-state index is 0.0396. The van der Waals surface area contributed by atoms with Crippen molar-refractivity contribution in [2.24, 2.45) is 5.92 Å². The summed E-state index contributed by atoms with van der Waals surface area (Å²) < 4.78 is 3.83. The Balaban J connectivity index is 1.64. The number of nitrogens with zero attached hydrogens (tertiary/aromatic N) is 2. The van der Waals surface area contributed by atoms with E-state index in [9.17, 15) is 0 Å². The van der Waals surface area contributed by atoms with Crippen LogP contribution in [-0.2, 0) is 11.8 Å². The molecule has 0 atom stereocenters. The van der Waals surface area contributed by atoms with Gasteiger partial charge in [-0.2, -0.15) is 0 Å². The van der Waals surface area contributed by atoms with Gasteiger partial charge in [0.2, 0.25) is 0 Å². The Morgan fingerprint density at radius 2 is 1.74 bits per heavy atom. The van der Waals surface area contributed by atoms with Crippen molar-refractivity contribution < 1.29 is 0 Å². The Hall–Kier alpha value is -2.82. The normalized spacial score (nSPS) is 12.6. The predicted molar refractivity (Wildman–Crippen MR) is 150 cm³/mol. The summed E-state index contributed by atoms with van der Waals surface area (Å²) in [6.07, 6.45) is 2.86. The summed E-state index contributed by atoms with van der Waals surface area (Å²) in [6.45, 7) is 11.4. The van der Waals surface area contributed by atoms with Crippen LogP contribution < -0.4 is 0 Å². The molecule has 3 heterocycles. The third kappa shape index (κ3) is 3.43. The molecule has 4 heteroatoms. The van der Waals surface area contributed by atoms with Gasteiger partial charge >= 0.3 is 0 Å². The molecule has 0 saturated carbocycles. The molecule has 0 aliphatic heterocycles. The molecule has 0 bridgehead atoms. The Morgan fingerprint density at radius 1 is 0.912 bits per heavy atom. The van der Waals surface area contributed by atoms with Crippen LogP contribution in [0.1, 0.15) is 45.7 Å². The maximum absolute atomic E-state index is 4.83. The van der Waals surface area contributed by atoms with E-state index in [0.717, 1.165) is 17.6 Å². The highest BCUT2D eigenvalue weighted by Crippen LogP contribution is 2.44. The zero-order chi connectivity index (χ0) is 23.6. The van der Waals surface area contributed by atoms with Crippen LogP contribution in [0.5, 0.6) is 0 Å². The van der Waals surface area contributed by atoms with Gasteiger partial charge in [-0.1, -0.05) is 65.0 Å². The first-order valence-corrected chi connectivity index (χ1v) is 13.6. The van der Waals surface area contributed by atoms with Gasteiger partial charge in [-0.15, -0.1) is 22.7 Å². The van der Waals surface area contributed by atoms with Gasteiger partial charge in [0.15, 0.2) is 0 Å². The molecular weight excluding hydrogens is 452 g/mol. The van der Waals surface area contributed by atoms with Crippen LogP contribution in [0.2, 0.25) is 0 Å². The van der Waals surface area contributed by atoms with Crippen molar-refractivity contribution in [3.05, 3.63) is 71.4 Å². The molecule has 0 saturated heterocycles. The van der Waals surface area contributed by atoms with Gasteiger partial charge in [0, 0.05) is 20.3 Å². The maximum Gasteiger partial charge on any atom is 0.116 e. The first kappa shape index (κ1) is 21.7.